The summed E-state index contributed by atoms with van der Waals surface area (Å²) in [5.74, 6) is 2.20. The first-order valence-corrected chi connectivity index (χ1v) is 6.53. The molecule has 18 heavy (non-hydrogen) atoms. The molecular formula is C15H23NO2. The second-order valence-electron chi connectivity index (χ2n) is 5.57. The van der Waals surface area contributed by atoms with E-state index < -0.39 is 0 Å². The Bertz CT molecular complexity index is 436. The maximum atomic E-state index is 6.21. The maximum absolute atomic E-state index is 6.21. The molecular weight excluding hydrogens is 226 g/mol. The highest BCUT2D eigenvalue weighted by Crippen LogP contribution is 2.42. The van der Waals surface area contributed by atoms with Gasteiger partial charge in [0.15, 0.2) is 0 Å². The van der Waals surface area contributed by atoms with Gasteiger partial charge in [0, 0.05) is 11.1 Å². The molecule has 1 saturated carbocycles. The predicted molar refractivity (Wildman–Crippen MR) is 73.5 cm³/mol. The van der Waals surface area contributed by atoms with Gasteiger partial charge in [0.05, 0.1) is 14.2 Å². The fourth-order valence-corrected chi connectivity index (χ4v) is 2.45. The molecule has 1 aliphatic rings. The Hall–Kier alpha value is -1.22. The Balaban J connectivity index is 2.43. The number of hydrogen-bond acceptors (Lipinski definition) is 3. The first-order chi connectivity index (χ1) is 8.50. The number of hydrogen-bond donors (Lipinski definition) is 1. The van der Waals surface area contributed by atoms with E-state index in [2.05, 4.69) is 19.9 Å². The molecule has 0 bridgehead atoms. The van der Waals surface area contributed by atoms with Crippen LogP contribution in [-0.4, -0.2) is 19.8 Å². The van der Waals surface area contributed by atoms with Crippen LogP contribution in [0.4, 0.5) is 0 Å². The molecule has 3 nitrogen and oxygen atoms in total. The molecule has 2 rings (SSSR count). The Kier molecular flexibility index (Phi) is 3.53. The van der Waals surface area contributed by atoms with Crippen LogP contribution in [0, 0.1) is 0 Å². The molecule has 1 fully saturated rings. The minimum atomic E-state index is -0.00385. The summed E-state index contributed by atoms with van der Waals surface area (Å²) in [6.45, 7) is 4.30. The average molecular weight is 249 g/mol. The predicted octanol–water partition coefficient (Wildman–Crippen LogP) is 2.86. The second kappa shape index (κ2) is 4.81. The Morgan fingerprint density at radius 2 is 1.89 bits per heavy atom. The molecule has 1 aromatic rings. The minimum Gasteiger partial charge on any atom is -0.496 e. The van der Waals surface area contributed by atoms with Gasteiger partial charge in [-0.25, -0.2) is 0 Å². The van der Waals surface area contributed by atoms with Crippen molar-refractivity contribution in [2.75, 3.05) is 14.2 Å². The van der Waals surface area contributed by atoms with Crippen molar-refractivity contribution in [3.8, 4) is 11.5 Å². The molecule has 100 valence electrons. The van der Waals surface area contributed by atoms with Crippen LogP contribution >= 0.6 is 0 Å². The normalized spacial score (nSPS) is 16.8. The highest BCUT2D eigenvalue weighted by atomic mass is 16.5. The van der Waals surface area contributed by atoms with Gasteiger partial charge in [0.2, 0.25) is 0 Å². The lowest BCUT2D eigenvalue weighted by molar-refractivity contribution is 0.377. The molecule has 0 spiro atoms. The molecule has 0 radical (unpaired) electrons. The van der Waals surface area contributed by atoms with Crippen molar-refractivity contribution in [3.05, 3.63) is 23.3 Å². The number of methoxy groups -OCH3 is 2. The van der Waals surface area contributed by atoms with Gasteiger partial charge in [0.1, 0.15) is 11.5 Å². The highest BCUT2D eigenvalue weighted by Gasteiger charge is 2.39. The summed E-state index contributed by atoms with van der Waals surface area (Å²) in [6.07, 6.45) is 3.11. The molecule has 0 heterocycles. The summed E-state index contributed by atoms with van der Waals surface area (Å²) in [5, 5.41) is 0. The summed E-state index contributed by atoms with van der Waals surface area (Å²) in [4.78, 5) is 0. The van der Waals surface area contributed by atoms with Crippen molar-refractivity contribution in [3.63, 3.8) is 0 Å². The van der Waals surface area contributed by atoms with E-state index in [9.17, 15) is 0 Å². The highest BCUT2D eigenvalue weighted by molar-refractivity contribution is 5.52. The van der Waals surface area contributed by atoms with Gasteiger partial charge < -0.3 is 15.2 Å². The van der Waals surface area contributed by atoms with Gasteiger partial charge in [-0.05, 0) is 36.8 Å². The van der Waals surface area contributed by atoms with Crippen molar-refractivity contribution in [1.29, 1.82) is 0 Å². The zero-order valence-electron chi connectivity index (χ0n) is 11.7. The molecule has 1 aliphatic carbocycles. The average Bonchev–Trinajstić information content (AvgIpc) is 3.06. The van der Waals surface area contributed by atoms with Gasteiger partial charge in [0.25, 0.3) is 0 Å². The first kappa shape index (κ1) is 13.2. The second-order valence-corrected chi connectivity index (χ2v) is 5.57. The Labute approximate surface area is 109 Å². The van der Waals surface area contributed by atoms with E-state index in [1.54, 1.807) is 14.2 Å². The quantitative estimate of drug-likeness (QED) is 0.872. The fourth-order valence-electron chi connectivity index (χ4n) is 2.45. The number of nitrogens with two attached hydrogens (primary N) is 1. The maximum Gasteiger partial charge on any atom is 0.129 e. The van der Waals surface area contributed by atoms with Crippen LogP contribution in [0.1, 0.15) is 43.7 Å². The lowest BCUT2D eigenvalue weighted by atomic mass is 9.94. The molecule has 0 aromatic heterocycles. The molecule has 2 N–H and O–H groups in total. The van der Waals surface area contributed by atoms with Crippen molar-refractivity contribution in [1.82, 2.24) is 0 Å². The number of rotatable bonds is 5. The fraction of sp³-hybridized carbons (Fsp3) is 0.600. The third kappa shape index (κ3) is 2.46. The van der Waals surface area contributed by atoms with Crippen molar-refractivity contribution in [2.24, 2.45) is 5.73 Å². The SMILES string of the molecule is COc1ccc(CC2(N)CC2)c(OC)c1C(C)C. The van der Waals surface area contributed by atoms with E-state index in [-0.39, 0.29) is 5.54 Å². The van der Waals surface area contributed by atoms with Gasteiger partial charge in [-0.1, -0.05) is 19.9 Å². The lowest BCUT2D eigenvalue weighted by Gasteiger charge is -2.20. The summed E-state index contributed by atoms with van der Waals surface area (Å²) >= 11 is 0. The molecule has 1 aromatic carbocycles. The summed E-state index contributed by atoms with van der Waals surface area (Å²) in [6, 6.07) is 4.11. The molecule has 0 aliphatic heterocycles. The van der Waals surface area contributed by atoms with Crippen LogP contribution in [0.15, 0.2) is 12.1 Å². The van der Waals surface area contributed by atoms with Crippen molar-refractivity contribution in [2.45, 2.75) is 44.6 Å². The van der Waals surface area contributed by atoms with Crippen LogP contribution < -0.4 is 15.2 Å². The molecule has 0 unspecified atom stereocenters. The lowest BCUT2D eigenvalue weighted by Crippen LogP contribution is -2.25. The largest absolute Gasteiger partial charge is 0.496 e. The van der Waals surface area contributed by atoms with E-state index in [0.29, 0.717) is 5.92 Å². The van der Waals surface area contributed by atoms with E-state index in [0.717, 1.165) is 36.3 Å². The van der Waals surface area contributed by atoms with Crippen molar-refractivity contribution >= 4 is 0 Å². The third-order valence-electron chi connectivity index (χ3n) is 3.67. The van der Waals surface area contributed by atoms with Crippen LogP contribution in [0.3, 0.4) is 0 Å². The van der Waals surface area contributed by atoms with Crippen LogP contribution in [0.2, 0.25) is 0 Å². The molecule has 0 amide bonds. The van der Waals surface area contributed by atoms with Crippen LogP contribution in [-0.2, 0) is 6.42 Å². The van der Waals surface area contributed by atoms with Gasteiger partial charge in [-0.15, -0.1) is 0 Å². The van der Waals surface area contributed by atoms with Crippen LogP contribution in [0.5, 0.6) is 11.5 Å². The zero-order valence-corrected chi connectivity index (χ0v) is 11.7. The van der Waals surface area contributed by atoms with Gasteiger partial charge >= 0.3 is 0 Å². The number of ether oxygens (including phenoxy) is 2. The third-order valence-corrected chi connectivity index (χ3v) is 3.67. The topological polar surface area (TPSA) is 44.5 Å². The first-order valence-electron chi connectivity index (χ1n) is 6.53. The van der Waals surface area contributed by atoms with E-state index >= 15 is 0 Å². The van der Waals surface area contributed by atoms with E-state index in [1.165, 1.54) is 5.56 Å². The molecule has 0 atom stereocenters. The Morgan fingerprint density at radius 1 is 1.22 bits per heavy atom. The zero-order chi connectivity index (χ0) is 13.3. The molecule has 0 saturated heterocycles. The molecule has 3 heteroatoms. The monoisotopic (exact) mass is 249 g/mol. The van der Waals surface area contributed by atoms with E-state index in [4.69, 9.17) is 15.2 Å². The summed E-state index contributed by atoms with van der Waals surface area (Å²) < 4.78 is 11.1. The van der Waals surface area contributed by atoms with Crippen LogP contribution in [0.25, 0.3) is 0 Å². The van der Waals surface area contributed by atoms with E-state index in [1.807, 2.05) is 6.07 Å². The number of benzene rings is 1. The van der Waals surface area contributed by atoms with Crippen molar-refractivity contribution < 1.29 is 9.47 Å². The minimum absolute atomic E-state index is 0.00385. The summed E-state index contributed by atoms with van der Waals surface area (Å²) in [5.41, 5.74) is 8.55. The summed E-state index contributed by atoms with van der Waals surface area (Å²) in [7, 11) is 3.42. The smallest absolute Gasteiger partial charge is 0.129 e. The van der Waals surface area contributed by atoms with Gasteiger partial charge in [-0.2, -0.15) is 0 Å². The van der Waals surface area contributed by atoms with Gasteiger partial charge in [-0.3, -0.25) is 0 Å². The standard InChI is InChI=1S/C15H23NO2/c1-10(2)13-12(17-3)6-5-11(14(13)18-4)9-15(16)7-8-15/h5-6,10H,7-9,16H2,1-4H3. The Morgan fingerprint density at radius 3 is 2.33 bits per heavy atom.